The molecule has 3 rings (SSSR count). The Morgan fingerprint density at radius 1 is 1.28 bits per heavy atom. The fourth-order valence-corrected chi connectivity index (χ4v) is 2.92. The Kier molecular flexibility index (Phi) is 2.92. The molecule has 18 heavy (non-hydrogen) atoms. The maximum absolute atomic E-state index is 11.7. The molecule has 2 fully saturated rings. The van der Waals surface area contributed by atoms with Gasteiger partial charge in [-0.05, 0) is 18.4 Å². The van der Waals surface area contributed by atoms with Gasteiger partial charge in [0.2, 0.25) is 6.29 Å². The highest BCUT2D eigenvalue weighted by molar-refractivity contribution is 5.77. The van der Waals surface area contributed by atoms with Gasteiger partial charge in [-0.15, -0.1) is 0 Å². The first-order valence-corrected chi connectivity index (χ1v) is 6.25. The lowest BCUT2D eigenvalue weighted by atomic mass is 9.99. The lowest BCUT2D eigenvalue weighted by molar-refractivity contribution is -0.162. The molecule has 1 aromatic rings. The van der Waals surface area contributed by atoms with E-state index in [4.69, 9.17) is 9.47 Å². The van der Waals surface area contributed by atoms with E-state index in [1.165, 1.54) is 11.1 Å². The summed E-state index contributed by atoms with van der Waals surface area (Å²) in [6, 6.07) is 10.2. The number of allylic oxidation sites excluding steroid dienone is 1. The van der Waals surface area contributed by atoms with Crippen molar-refractivity contribution < 1.29 is 14.3 Å². The first-order chi connectivity index (χ1) is 8.78. The number of ether oxygens (including phenoxy) is 2. The maximum atomic E-state index is 11.7. The van der Waals surface area contributed by atoms with E-state index in [1.807, 2.05) is 18.2 Å². The minimum Gasteiger partial charge on any atom is -0.435 e. The molecule has 0 amide bonds. The molecule has 94 valence electrons. The quantitative estimate of drug-likeness (QED) is 0.750. The van der Waals surface area contributed by atoms with Crippen LogP contribution in [-0.4, -0.2) is 19.4 Å². The molecule has 0 N–H and O–H groups in total. The van der Waals surface area contributed by atoms with E-state index in [2.05, 4.69) is 18.2 Å². The second kappa shape index (κ2) is 4.58. The van der Waals surface area contributed by atoms with E-state index in [0.717, 1.165) is 12.8 Å². The predicted octanol–water partition coefficient (Wildman–Crippen LogP) is 2.63. The van der Waals surface area contributed by atoms with Crippen LogP contribution in [0.5, 0.6) is 0 Å². The van der Waals surface area contributed by atoms with Gasteiger partial charge < -0.3 is 9.47 Å². The van der Waals surface area contributed by atoms with Crippen LogP contribution >= 0.6 is 0 Å². The van der Waals surface area contributed by atoms with Crippen LogP contribution in [-0.2, 0) is 14.3 Å². The van der Waals surface area contributed by atoms with Gasteiger partial charge in [0.25, 0.3) is 0 Å². The minimum absolute atomic E-state index is 0.00934. The molecule has 3 heteroatoms. The lowest BCUT2D eigenvalue weighted by Gasteiger charge is -2.13. The Hall–Kier alpha value is -1.61. The zero-order valence-corrected chi connectivity index (χ0v) is 10.3. The molecule has 0 radical (unpaired) electrons. The number of carbonyl (C=O) groups excluding carboxylic acids is 1. The van der Waals surface area contributed by atoms with Gasteiger partial charge in [0.1, 0.15) is 0 Å². The highest BCUT2D eigenvalue weighted by Gasteiger charge is 2.49. The van der Waals surface area contributed by atoms with Crippen molar-refractivity contribution in [3.8, 4) is 0 Å². The van der Waals surface area contributed by atoms with E-state index in [1.54, 1.807) is 7.11 Å². The molecule has 3 unspecified atom stereocenters. The van der Waals surface area contributed by atoms with Crippen molar-refractivity contribution in [2.75, 3.05) is 7.11 Å². The fourth-order valence-electron chi connectivity index (χ4n) is 2.92. The zero-order chi connectivity index (χ0) is 12.5. The fraction of sp³-hybridized carbons (Fsp3) is 0.400. The van der Waals surface area contributed by atoms with Crippen LogP contribution in [0, 0.1) is 11.8 Å². The Morgan fingerprint density at radius 2 is 2.06 bits per heavy atom. The molecule has 2 aliphatic rings. The van der Waals surface area contributed by atoms with Crippen molar-refractivity contribution >= 4 is 12.0 Å². The molecule has 0 spiro atoms. The molecule has 1 saturated heterocycles. The average molecular weight is 244 g/mol. The summed E-state index contributed by atoms with van der Waals surface area (Å²) in [5.41, 5.74) is 2.50. The van der Waals surface area contributed by atoms with Gasteiger partial charge in [-0.1, -0.05) is 42.0 Å². The van der Waals surface area contributed by atoms with Gasteiger partial charge in [-0.2, -0.15) is 0 Å². The summed E-state index contributed by atoms with van der Waals surface area (Å²) >= 11 is 0. The molecular formula is C15H16O3. The monoisotopic (exact) mass is 244 g/mol. The summed E-state index contributed by atoms with van der Waals surface area (Å²) in [4.78, 5) is 11.7. The van der Waals surface area contributed by atoms with Gasteiger partial charge in [-0.25, -0.2) is 0 Å². The molecule has 3 nitrogen and oxygen atoms in total. The highest BCUT2D eigenvalue weighted by atomic mass is 16.7. The van der Waals surface area contributed by atoms with Crippen LogP contribution in [0.3, 0.4) is 0 Å². The number of carbonyl (C=O) groups is 1. The number of benzene rings is 1. The topological polar surface area (TPSA) is 35.5 Å². The normalized spacial score (nSPS) is 32.6. The predicted molar refractivity (Wildman–Crippen MR) is 67.5 cm³/mol. The van der Waals surface area contributed by atoms with E-state index in [9.17, 15) is 4.79 Å². The zero-order valence-electron chi connectivity index (χ0n) is 10.3. The van der Waals surface area contributed by atoms with Crippen LogP contribution in [0.25, 0.3) is 6.08 Å². The SMILES string of the molecule is COC1OC(=O)C2C/C(=C/c3ccccc3)CC12. The second-order valence-electron chi connectivity index (χ2n) is 4.93. The summed E-state index contributed by atoms with van der Waals surface area (Å²) in [5, 5.41) is 0. The lowest BCUT2D eigenvalue weighted by Crippen LogP contribution is -2.18. The van der Waals surface area contributed by atoms with Gasteiger partial charge in [-0.3, -0.25) is 4.79 Å². The van der Waals surface area contributed by atoms with E-state index in [-0.39, 0.29) is 24.1 Å². The Labute approximate surface area is 106 Å². The molecule has 0 aromatic heterocycles. The van der Waals surface area contributed by atoms with Crippen molar-refractivity contribution in [2.45, 2.75) is 19.1 Å². The van der Waals surface area contributed by atoms with E-state index in [0.29, 0.717) is 0 Å². The summed E-state index contributed by atoms with van der Waals surface area (Å²) < 4.78 is 10.4. The summed E-state index contributed by atoms with van der Waals surface area (Å²) in [7, 11) is 1.60. The van der Waals surface area contributed by atoms with Crippen molar-refractivity contribution in [3.63, 3.8) is 0 Å². The molecule has 1 saturated carbocycles. The molecule has 1 heterocycles. The average Bonchev–Trinajstić information content (AvgIpc) is 2.91. The van der Waals surface area contributed by atoms with Crippen molar-refractivity contribution in [3.05, 3.63) is 41.5 Å². The third kappa shape index (κ3) is 1.95. The number of hydrogen-bond donors (Lipinski definition) is 0. The Bertz CT molecular complexity index is 478. The van der Waals surface area contributed by atoms with Crippen LogP contribution < -0.4 is 0 Å². The minimum atomic E-state index is -0.357. The Balaban J connectivity index is 1.80. The summed E-state index contributed by atoms with van der Waals surface area (Å²) in [5.74, 6) is 0.0747. The first kappa shape index (κ1) is 11.5. The number of rotatable bonds is 2. The molecule has 1 aliphatic heterocycles. The standard InChI is InChI=1S/C15H16O3/c1-17-15-13-9-11(8-12(13)14(16)18-15)7-10-5-3-2-4-6-10/h2-7,12-13,15H,8-9H2,1H3/b11-7-. The number of cyclic esters (lactones) is 1. The number of fused-ring (bicyclic) bond motifs is 1. The number of hydrogen-bond acceptors (Lipinski definition) is 3. The first-order valence-electron chi connectivity index (χ1n) is 6.25. The van der Waals surface area contributed by atoms with Gasteiger partial charge >= 0.3 is 5.97 Å². The third-order valence-corrected chi connectivity index (χ3v) is 3.78. The summed E-state index contributed by atoms with van der Waals surface area (Å²) in [6.45, 7) is 0. The van der Waals surface area contributed by atoms with Crippen LogP contribution in [0.15, 0.2) is 35.9 Å². The maximum Gasteiger partial charge on any atom is 0.312 e. The van der Waals surface area contributed by atoms with Crippen LogP contribution in [0.2, 0.25) is 0 Å². The second-order valence-corrected chi connectivity index (χ2v) is 4.93. The van der Waals surface area contributed by atoms with Gasteiger partial charge in [0, 0.05) is 13.0 Å². The molecule has 1 aromatic carbocycles. The van der Waals surface area contributed by atoms with E-state index < -0.39 is 0 Å². The van der Waals surface area contributed by atoms with Crippen molar-refractivity contribution in [1.82, 2.24) is 0 Å². The van der Waals surface area contributed by atoms with Gasteiger partial charge in [0.05, 0.1) is 5.92 Å². The number of methoxy groups -OCH3 is 1. The Morgan fingerprint density at radius 3 is 2.78 bits per heavy atom. The van der Waals surface area contributed by atoms with Crippen LogP contribution in [0.4, 0.5) is 0 Å². The van der Waals surface area contributed by atoms with Crippen LogP contribution in [0.1, 0.15) is 18.4 Å². The number of esters is 1. The largest absolute Gasteiger partial charge is 0.435 e. The third-order valence-electron chi connectivity index (χ3n) is 3.78. The van der Waals surface area contributed by atoms with Gasteiger partial charge in [0.15, 0.2) is 0 Å². The molecule has 0 bridgehead atoms. The van der Waals surface area contributed by atoms with Crippen molar-refractivity contribution in [1.29, 1.82) is 0 Å². The van der Waals surface area contributed by atoms with Crippen molar-refractivity contribution in [2.24, 2.45) is 11.8 Å². The molecule has 3 atom stereocenters. The molecule has 1 aliphatic carbocycles. The summed E-state index contributed by atoms with van der Waals surface area (Å²) in [6.07, 6.45) is 3.52. The van der Waals surface area contributed by atoms with E-state index >= 15 is 0 Å². The molecular weight excluding hydrogens is 228 g/mol. The smallest absolute Gasteiger partial charge is 0.312 e. The highest BCUT2D eigenvalue weighted by Crippen LogP contribution is 2.45.